The van der Waals surface area contributed by atoms with E-state index in [0.717, 1.165) is 4.57 Å². The van der Waals surface area contributed by atoms with Crippen molar-refractivity contribution >= 4 is 28.5 Å². The van der Waals surface area contributed by atoms with E-state index in [1.54, 1.807) is 0 Å². The van der Waals surface area contributed by atoms with Gasteiger partial charge in [0.2, 0.25) is 11.8 Å². The van der Waals surface area contributed by atoms with Crippen LogP contribution in [0.15, 0.2) is 32.2 Å². The van der Waals surface area contributed by atoms with Crippen LogP contribution in [0.1, 0.15) is 18.9 Å². The van der Waals surface area contributed by atoms with E-state index < -0.39 is 29.2 Å². The first-order chi connectivity index (χ1) is 9.97. The Labute approximate surface area is 117 Å². The average molecular weight is 289 g/mol. The summed E-state index contributed by atoms with van der Waals surface area (Å²) in [6.07, 6.45) is 0.137. The molecule has 1 aliphatic heterocycles. The van der Waals surface area contributed by atoms with Gasteiger partial charge in [0.1, 0.15) is 11.6 Å². The number of aromatic nitrogens is 1. The Kier molecular flexibility index (Phi) is 2.86. The van der Waals surface area contributed by atoms with E-state index in [2.05, 4.69) is 5.32 Å². The molecule has 2 heterocycles. The molecule has 21 heavy (non-hydrogen) atoms. The van der Waals surface area contributed by atoms with Gasteiger partial charge in [-0.1, -0.05) is 0 Å². The van der Waals surface area contributed by atoms with Gasteiger partial charge in [-0.3, -0.25) is 19.7 Å². The van der Waals surface area contributed by atoms with Crippen LogP contribution in [-0.4, -0.2) is 16.4 Å². The van der Waals surface area contributed by atoms with Gasteiger partial charge >= 0.3 is 5.76 Å². The molecule has 0 bridgehead atoms. The smallest absolute Gasteiger partial charge is 0.409 e. The highest BCUT2D eigenvalue weighted by Crippen LogP contribution is 2.17. The van der Waals surface area contributed by atoms with Gasteiger partial charge in [0.25, 0.3) is 5.56 Å². The van der Waals surface area contributed by atoms with Crippen LogP contribution in [0.2, 0.25) is 0 Å². The number of anilines is 1. The average Bonchev–Trinajstić information content (AvgIpc) is 2.40. The molecule has 108 valence electrons. The fraction of sp³-hybridized carbons (Fsp3) is 0.231. The van der Waals surface area contributed by atoms with E-state index in [0.29, 0.717) is 5.69 Å². The molecule has 1 atom stereocenters. The van der Waals surface area contributed by atoms with E-state index >= 15 is 0 Å². The lowest BCUT2D eigenvalue weighted by atomic mass is 10.1. The van der Waals surface area contributed by atoms with Gasteiger partial charge in [0.15, 0.2) is 0 Å². The van der Waals surface area contributed by atoms with Crippen molar-refractivity contribution in [2.45, 2.75) is 18.9 Å². The fourth-order valence-corrected chi connectivity index (χ4v) is 2.35. The number of carbonyl (C=O) groups excluding carboxylic acids is 2. The van der Waals surface area contributed by atoms with Crippen molar-refractivity contribution in [2.24, 2.45) is 0 Å². The molecule has 3 N–H and O–H groups in total. The molecule has 0 spiro atoms. The number of nitrogens with two attached hydrogens (primary N) is 1. The zero-order valence-corrected chi connectivity index (χ0v) is 10.8. The maximum absolute atomic E-state index is 12.4. The van der Waals surface area contributed by atoms with E-state index in [4.69, 9.17) is 10.2 Å². The number of amides is 2. The number of nitrogens with one attached hydrogen (secondary N) is 1. The fourth-order valence-electron chi connectivity index (χ4n) is 2.35. The predicted molar refractivity (Wildman–Crippen MR) is 72.6 cm³/mol. The molecule has 1 saturated heterocycles. The van der Waals surface area contributed by atoms with Crippen LogP contribution in [0.5, 0.6) is 0 Å². The Morgan fingerprint density at radius 3 is 2.71 bits per heavy atom. The number of hydrogen-bond donors (Lipinski definition) is 2. The summed E-state index contributed by atoms with van der Waals surface area (Å²) in [6.45, 7) is 0. The van der Waals surface area contributed by atoms with Gasteiger partial charge in [-0.25, -0.2) is 9.36 Å². The SMILES string of the molecule is Nc1ccc2c(=O)n(C3CCC(=O)NC3=O)c(=O)oc2c1. The predicted octanol–water partition coefficient (Wildman–Crippen LogP) is -0.485. The van der Waals surface area contributed by atoms with Crippen LogP contribution in [-0.2, 0) is 9.59 Å². The van der Waals surface area contributed by atoms with Crippen LogP contribution in [0.4, 0.5) is 5.69 Å². The highest BCUT2D eigenvalue weighted by Gasteiger charge is 2.31. The van der Waals surface area contributed by atoms with Crippen LogP contribution >= 0.6 is 0 Å². The van der Waals surface area contributed by atoms with E-state index in [9.17, 15) is 19.2 Å². The highest BCUT2D eigenvalue weighted by molar-refractivity contribution is 5.99. The van der Waals surface area contributed by atoms with Crippen molar-refractivity contribution in [3.05, 3.63) is 39.1 Å². The molecule has 1 aromatic heterocycles. The minimum atomic E-state index is -1.05. The highest BCUT2D eigenvalue weighted by atomic mass is 16.4. The zero-order valence-electron chi connectivity index (χ0n) is 10.8. The molecule has 1 unspecified atom stereocenters. The third-order valence-electron chi connectivity index (χ3n) is 3.37. The zero-order chi connectivity index (χ0) is 15.1. The normalized spacial score (nSPS) is 18.8. The Bertz CT molecular complexity index is 879. The summed E-state index contributed by atoms with van der Waals surface area (Å²) in [5, 5.41) is 2.25. The van der Waals surface area contributed by atoms with Crippen LogP contribution in [0.25, 0.3) is 11.0 Å². The monoisotopic (exact) mass is 289 g/mol. The van der Waals surface area contributed by atoms with Crippen molar-refractivity contribution in [3.8, 4) is 0 Å². The topological polar surface area (TPSA) is 124 Å². The summed E-state index contributed by atoms with van der Waals surface area (Å²) in [5.74, 6) is -2.06. The van der Waals surface area contributed by atoms with Crippen molar-refractivity contribution in [3.63, 3.8) is 0 Å². The minimum absolute atomic E-state index is 0.0576. The third kappa shape index (κ3) is 2.10. The third-order valence-corrected chi connectivity index (χ3v) is 3.37. The van der Waals surface area contributed by atoms with E-state index in [1.165, 1.54) is 18.2 Å². The molecule has 0 radical (unpaired) electrons. The maximum Gasteiger partial charge on any atom is 0.423 e. The van der Waals surface area contributed by atoms with Gasteiger partial charge in [-0.05, 0) is 18.6 Å². The first-order valence-electron chi connectivity index (χ1n) is 6.26. The number of carbonyl (C=O) groups is 2. The number of piperidine rings is 1. The lowest BCUT2D eigenvalue weighted by Gasteiger charge is -2.21. The second kappa shape index (κ2) is 4.58. The molecular weight excluding hydrogens is 278 g/mol. The molecule has 2 amide bonds. The molecule has 3 rings (SSSR count). The Balaban J connectivity index is 2.22. The van der Waals surface area contributed by atoms with E-state index in [1.807, 2.05) is 0 Å². The van der Waals surface area contributed by atoms with Gasteiger partial charge < -0.3 is 10.2 Å². The quantitative estimate of drug-likeness (QED) is 0.539. The Morgan fingerprint density at radius 2 is 2.00 bits per heavy atom. The maximum atomic E-state index is 12.4. The van der Waals surface area contributed by atoms with Crippen LogP contribution in [0, 0.1) is 0 Å². The van der Waals surface area contributed by atoms with Gasteiger partial charge in [-0.2, -0.15) is 0 Å². The van der Waals surface area contributed by atoms with Crippen molar-refractivity contribution in [1.29, 1.82) is 0 Å². The summed E-state index contributed by atoms with van der Waals surface area (Å²) in [5.41, 5.74) is 5.34. The van der Waals surface area contributed by atoms with Crippen LogP contribution in [0.3, 0.4) is 0 Å². The lowest BCUT2D eigenvalue weighted by molar-refractivity contribution is -0.136. The second-order valence-corrected chi connectivity index (χ2v) is 4.77. The molecular formula is C13H11N3O5. The van der Waals surface area contributed by atoms with Crippen molar-refractivity contribution in [2.75, 3.05) is 5.73 Å². The summed E-state index contributed by atoms with van der Waals surface area (Å²) in [4.78, 5) is 47.3. The minimum Gasteiger partial charge on any atom is -0.409 e. The number of nitrogens with zero attached hydrogens (tertiary/aromatic N) is 1. The van der Waals surface area contributed by atoms with E-state index in [-0.39, 0.29) is 23.8 Å². The van der Waals surface area contributed by atoms with Gasteiger partial charge in [0, 0.05) is 18.2 Å². The first kappa shape index (κ1) is 13.1. The molecule has 1 aromatic carbocycles. The van der Waals surface area contributed by atoms with Gasteiger partial charge in [-0.15, -0.1) is 0 Å². The number of fused-ring (bicyclic) bond motifs is 1. The summed E-state index contributed by atoms with van der Waals surface area (Å²) >= 11 is 0. The van der Waals surface area contributed by atoms with Crippen LogP contribution < -0.4 is 22.4 Å². The molecule has 1 aliphatic rings. The van der Waals surface area contributed by atoms with Crippen molar-refractivity contribution in [1.82, 2.24) is 9.88 Å². The number of imide groups is 1. The molecule has 8 nitrogen and oxygen atoms in total. The number of benzene rings is 1. The number of nitrogen functional groups attached to an aromatic ring is 1. The number of hydrogen-bond acceptors (Lipinski definition) is 6. The largest absolute Gasteiger partial charge is 0.423 e. The summed E-state index contributed by atoms with van der Waals surface area (Å²) in [7, 11) is 0. The van der Waals surface area contributed by atoms with Crippen molar-refractivity contribution < 1.29 is 14.0 Å². The molecule has 8 heteroatoms. The molecule has 0 saturated carbocycles. The molecule has 0 aliphatic carbocycles. The Morgan fingerprint density at radius 1 is 1.24 bits per heavy atom. The standard InChI is InChI=1S/C13H11N3O5/c14-6-1-2-7-9(5-6)21-13(20)16(12(7)19)8-3-4-10(17)15-11(8)18/h1-2,5,8H,3-4,14H2,(H,15,17,18). The van der Waals surface area contributed by atoms with Gasteiger partial charge in [0.05, 0.1) is 5.39 Å². The second-order valence-electron chi connectivity index (χ2n) is 4.77. The lowest BCUT2D eigenvalue weighted by Crippen LogP contribution is -2.48. The summed E-state index contributed by atoms with van der Waals surface area (Å²) < 4.78 is 5.78. The Hall–Kier alpha value is -2.90. The first-order valence-corrected chi connectivity index (χ1v) is 6.26. The summed E-state index contributed by atoms with van der Waals surface area (Å²) in [6, 6.07) is 3.25. The number of rotatable bonds is 1. The molecule has 2 aromatic rings. The molecule has 1 fully saturated rings.